The van der Waals surface area contributed by atoms with Gasteiger partial charge in [0.25, 0.3) is 0 Å². The minimum Gasteiger partial charge on any atom is -0.455 e. The van der Waals surface area contributed by atoms with Crippen molar-refractivity contribution in [1.29, 1.82) is 0 Å². The standard InChI is InChI=1S/C72H44O2/c1-3-20-50(21-4-1)65-63-43-61(56-37-30-45-16-7-10-24-53(45)40-56)68-67(71(63)73-69(65)52-35-33-49(34-36-52)60-29-15-27-48-19-13-14-28-59(48)60)62(57-38-31-46-17-8-11-25-54(46)41-57)44-64-66(51-22-5-2-6-23-51)70(74-72(64)68)58-39-32-47-18-9-12-26-55(47)42-58/h1-44H. The van der Waals surface area contributed by atoms with Gasteiger partial charge in [-0.25, -0.2) is 0 Å². The van der Waals surface area contributed by atoms with Crippen LogP contribution in [0.5, 0.6) is 0 Å². The third-order valence-electron chi connectivity index (χ3n) is 15.2. The van der Waals surface area contributed by atoms with Gasteiger partial charge in [0.15, 0.2) is 0 Å². The van der Waals surface area contributed by atoms with E-state index in [9.17, 15) is 0 Å². The fraction of sp³-hybridized carbons (Fsp3) is 0. The van der Waals surface area contributed by atoms with Crippen molar-refractivity contribution >= 4 is 75.8 Å². The Balaban J connectivity index is 1.11. The van der Waals surface area contributed by atoms with Gasteiger partial charge in [0.05, 0.1) is 0 Å². The van der Waals surface area contributed by atoms with Crippen LogP contribution in [-0.2, 0) is 0 Å². The summed E-state index contributed by atoms with van der Waals surface area (Å²) in [7, 11) is 0. The van der Waals surface area contributed by atoms with Crippen LogP contribution in [0.2, 0.25) is 0 Å². The molecule has 15 rings (SSSR count). The zero-order valence-corrected chi connectivity index (χ0v) is 40.2. The zero-order valence-electron chi connectivity index (χ0n) is 40.2. The average molecular weight is 941 g/mol. The molecule has 2 heteroatoms. The highest BCUT2D eigenvalue weighted by Crippen LogP contribution is 2.54. The first-order chi connectivity index (χ1) is 36.7. The predicted molar refractivity (Wildman–Crippen MR) is 312 cm³/mol. The van der Waals surface area contributed by atoms with Crippen LogP contribution in [0.15, 0.2) is 276 Å². The van der Waals surface area contributed by atoms with Gasteiger partial charge in [-0.05, 0) is 118 Å². The fourth-order valence-corrected chi connectivity index (χ4v) is 11.7. The lowest BCUT2D eigenvalue weighted by Gasteiger charge is -2.15. The molecule has 0 atom stereocenters. The molecule has 0 N–H and O–H groups in total. The normalized spacial score (nSPS) is 11.8. The highest BCUT2D eigenvalue weighted by atomic mass is 16.3. The Morgan fingerprint density at radius 3 is 1.09 bits per heavy atom. The molecule has 0 aliphatic carbocycles. The quantitative estimate of drug-likeness (QED) is 0.159. The van der Waals surface area contributed by atoms with Gasteiger partial charge in [0, 0.05) is 43.8 Å². The van der Waals surface area contributed by atoms with E-state index in [-0.39, 0.29) is 0 Å². The monoisotopic (exact) mass is 940 g/mol. The van der Waals surface area contributed by atoms with E-state index in [1.165, 1.54) is 43.3 Å². The summed E-state index contributed by atoms with van der Waals surface area (Å²) in [6.07, 6.45) is 0. The maximum Gasteiger partial charge on any atom is 0.144 e. The highest BCUT2D eigenvalue weighted by Gasteiger charge is 2.29. The number of rotatable bonds is 7. The Morgan fingerprint density at radius 2 is 0.581 bits per heavy atom. The van der Waals surface area contributed by atoms with Crippen molar-refractivity contribution in [1.82, 2.24) is 0 Å². The minimum atomic E-state index is 0.812. The van der Waals surface area contributed by atoms with Crippen molar-refractivity contribution in [2.75, 3.05) is 0 Å². The molecule has 0 fully saturated rings. The molecule has 0 saturated heterocycles. The molecule has 2 nitrogen and oxygen atoms in total. The second-order valence-corrected chi connectivity index (χ2v) is 19.5. The van der Waals surface area contributed by atoms with E-state index < -0.39 is 0 Å². The van der Waals surface area contributed by atoms with E-state index in [0.29, 0.717) is 0 Å². The Morgan fingerprint density at radius 1 is 0.203 bits per heavy atom. The largest absolute Gasteiger partial charge is 0.455 e. The van der Waals surface area contributed by atoms with Gasteiger partial charge in [-0.3, -0.25) is 0 Å². The molecule has 0 amide bonds. The van der Waals surface area contributed by atoms with Crippen molar-refractivity contribution in [2.24, 2.45) is 0 Å². The van der Waals surface area contributed by atoms with Gasteiger partial charge in [-0.15, -0.1) is 0 Å². The molecule has 0 spiro atoms. The third kappa shape index (κ3) is 6.80. The van der Waals surface area contributed by atoms with E-state index in [1.54, 1.807) is 0 Å². The number of hydrogen-bond acceptors (Lipinski definition) is 2. The SMILES string of the molecule is c1ccc(-c2c(-c3ccc(-c4cccc5ccccc45)cc3)oc3c2cc(-c2ccc4ccccc4c2)c2c4oc(-c5ccc6ccccc6c5)c(-c5ccccc5)c4cc(-c4ccc5ccccc5c4)c32)cc1. The Hall–Kier alpha value is -9.76. The van der Waals surface area contributed by atoms with Crippen LogP contribution in [0.4, 0.5) is 0 Å². The Bertz CT molecular complexity index is 4610. The highest BCUT2D eigenvalue weighted by molar-refractivity contribution is 6.29. The molecule has 0 aliphatic heterocycles. The summed E-state index contributed by atoms with van der Waals surface area (Å²) in [6, 6.07) is 96.6. The van der Waals surface area contributed by atoms with Crippen molar-refractivity contribution in [3.8, 4) is 78.3 Å². The third-order valence-corrected chi connectivity index (χ3v) is 15.2. The molecule has 344 valence electrons. The van der Waals surface area contributed by atoms with E-state index in [1.807, 2.05) is 0 Å². The van der Waals surface area contributed by atoms with Crippen molar-refractivity contribution < 1.29 is 8.83 Å². The molecule has 0 unspecified atom stereocenters. The van der Waals surface area contributed by atoms with Crippen LogP contribution in [0.25, 0.3) is 154 Å². The van der Waals surface area contributed by atoms with Gasteiger partial charge in [-0.1, -0.05) is 237 Å². The zero-order chi connectivity index (χ0) is 48.7. The van der Waals surface area contributed by atoms with Crippen LogP contribution >= 0.6 is 0 Å². The molecule has 15 aromatic rings. The van der Waals surface area contributed by atoms with Gasteiger partial charge in [0.1, 0.15) is 22.7 Å². The van der Waals surface area contributed by atoms with Crippen LogP contribution in [-0.4, -0.2) is 0 Å². The summed E-state index contributed by atoms with van der Waals surface area (Å²) < 4.78 is 15.3. The van der Waals surface area contributed by atoms with Crippen molar-refractivity contribution in [3.05, 3.63) is 267 Å². The number of furan rings is 2. The molecule has 13 aromatic carbocycles. The fourth-order valence-electron chi connectivity index (χ4n) is 11.7. The molecule has 0 bridgehead atoms. The lowest BCUT2D eigenvalue weighted by Crippen LogP contribution is -1.90. The molecular formula is C72H44O2. The van der Waals surface area contributed by atoms with Crippen LogP contribution < -0.4 is 0 Å². The van der Waals surface area contributed by atoms with Gasteiger partial charge in [0.2, 0.25) is 0 Å². The molecule has 2 heterocycles. The number of benzene rings is 13. The molecule has 0 saturated carbocycles. The van der Waals surface area contributed by atoms with Crippen LogP contribution in [0, 0.1) is 0 Å². The molecule has 0 aliphatic rings. The van der Waals surface area contributed by atoms with E-state index in [0.717, 1.165) is 111 Å². The van der Waals surface area contributed by atoms with E-state index >= 15 is 0 Å². The molecule has 74 heavy (non-hydrogen) atoms. The first-order valence-electron chi connectivity index (χ1n) is 25.4. The van der Waals surface area contributed by atoms with Crippen molar-refractivity contribution in [2.45, 2.75) is 0 Å². The summed E-state index contributed by atoms with van der Waals surface area (Å²) in [5, 5.41) is 13.6. The molecule has 0 radical (unpaired) electrons. The average Bonchev–Trinajstić information content (AvgIpc) is 4.09. The second-order valence-electron chi connectivity index (χ2n) is 19.5. The van der Waals surface area contributed by atoms with Gasteiger partial charge in [-0.2, -0.15) is 0 Å². The summed E-state index contributed by atoms with van der Waals surface area (Å²) in [5.41, 5.74) is 14.6. The first kappa shape index (κ1) is 42.0. The smallest absolute Gasteiger partial charge is 0.144 e. The predicted octanol–water partition coefficient (Wildman–Crippen LogP) is 20.6. The van der Waals surface area contributed by atoms with Gasteiger partial charge < -0.3 is 8.83 Å². The van der Waals surface area contributed by atoms with E-state index in [4.69, 9.17) is 8.83 Å². The lowest BCUT2D eigenvalue weighted by atomic mass is 9.86. The second kappa shape index (κ2) is 16.9. The topological polar surface area (TPSA) is 26.3 Å². The summed E-state index contributed by atoms with van der Waals surface area (Å²) in [5.74, 6) is 1.65. The number of fused-ring (bicyclic) bond motifs is 9. The lowest BCUT2D eigenvalue weighted by molar-refractivity contribution is 0.633. The van der Waals surface area contributed by atoms with Crippen molar-refractivity contribution in [3.63, 3.8) is 0 Å². The minimum absolute atomic E-state index is 0.812. The first-order valence-corrected chi connectivity index (χ1v) is 25.4. The maximum atomic E-state index is 7.64. The maximum absolute atomic E-state index is 7.64. The summed E-state index contributed by atoms with van der Waals surface area (Å²) in [6.45, 7) is 0. The molecule has 2 aromatic heterocycles. The van der Waals surface area contributed by atoms with Crippen LogP contribution in [0.1, 0.15) is 0 Å². The Kier molecular flexibility index (Phi) is 9.61. The van der Waals surface area contributed by atoms with Gasteiger partial charge >= 0.3 is 0 Å². The number of hydrogen-bond donors (Lipinski definition) is 0. The van der Waals surface area contributed by atoms with E-state index in [2.05, 4.69) is 267 Å². The van der Waals surface area contributed by atoms with Crippen LogP contribution in [0.3, 0.4) is 0 Å². The summed E-state index contributed by atoms with van der Waals surface area (Å²) in [4.78, 5) is 0. The Labute approximate surface area is 427 Å². The summed E-state index contributed by atoms with van der Waals surface area (Å²) >= 11 is 0. The molecular weight excluding hydrogens is 897 g/mol.